The number of hydrogen-bond donors (Lipinski definition) is 0. The van der Waals surface area contributed by atoms with Crippen LogP contribution < -0.4 is 9.47 Å². The Morgan fingerprint density at radius 3 is 2.43 bits per heavy atom. The minimum atomic E-state index is -5.16. The molecule has 0 amide bonds. The van der Waals surface area contributed by atoms with E-state index in [-0.39, 0.29) is 11.6 Å². The molecule has 2 heterocycles. The second kappa shape index (κ2) is 11.4. The van der Waals surface area contributed by atoms with Gasteiger partial charge in [0.05, 0.1) is 38.9 Å². The Hall–Kier alpha value is -3.95. The maximum absolute atomic E-state index is 13.7. The lowest BCUT2D eigenvalue weighted by Gasteiger charge is -2.24. The first-order chi connectivity index (χ1) is 19.8. The van der Waals surface area contributed by atoms with E-state index in [1.165, 1.54) is 29.5 Å². The molecule has 0 saturated carbocycles. The second-order valence-corrected chi connectivity index (χ2v) is 12.0. The third-order valence-corrected chi connectivity index (χ3v) is 8.92. The van der Waals surface area contributed by atoms with Crippen LogP contribution in [-0.2, 0) is 10.0 Å². The maximum Gasteiger partial charge on any atom is 0.473 e. The number of halogens is 5. The number of nitrogens with zero attached hydrogens (tertiary/aromatic N) is 4. The van der Waals surface area contributed by atoms with E-state index in [2.05, 4.69) is 14.7 Å². The molecule has 0 spiro atoms. The van der Waals surface area contributed by atoms with E-state index in [1.807, 2.05) is 6.07 Å². The standard InChI is InChI=1S/C27H21F5N4O4S2/c1-15-10-19(24-20(11-15)34-22(14-33-24)40-26(28)29)25-35-23-16(2)12-17(13-21(23)41-25)39-9-8-36(27(30,31)32)42(37,38)18-6-4-3-5-7-18/h3-7,10-14,26H,8-9H2,1-2H3. The monoisotopic (exact) mass is 624 g/mol. The van der Waals surface area contributed by atoms with Crippen LogP contribution in [0.4, 0.5) is 22.0 Å². The maximum atomic E-state index is 13.7. The Kier molecular flexibility index (Phi) is 8.00. The number of hydrogen-bond acceptors (Lipinski definition) is 8. The van der Waals surface area contributed by atoms with Crippen LogP contribution in [0.3, 0.4) is 0 Å². The summed E-state index contributed by atoms with van der Waals surface area (Å²) >= 11 is 1.27. The summed E-state index contributed by atoms with van der Waals surface area (Å²) in [5, 5.41) is 0.549. The lowest BCUT2D eigenvalue weighted by Crippen LogP contribution is -2.44. The molecule has 0 radical (unpaired) electrons. The van der Waals surface area contributed by atoms with Gasteiger partial charge in [0.1, 0.15) is 17.4 Å². The van der Waals surface area contributed by atoms with Gasteiger partial charge in [0.15, 0.2) is 0 Å². The molecule has 2 aromatic heterocycles. The molecule has 0 saturated heterocycles. The molecule has 0 N–H and O–H groups in total. The fourth-order valence-electron chi connectivity index (χ4n) is 4.27. The van der Waals surface area contributed by atoms with Crippen LogP contribution in [-0.4, -0.2) is 53.7 Å². The lowest BCUT2D eigenvalue weighted by atomic mass is 10.1. The summed E-state index contributed by atoms with van der Waals surface area (Å²) in [7, 11) is -4.85. The van der Waals surface area contributed by atoms with Crippen molar-refractivity contribution in [1.29, 1.82) is 0 Å². The highest BCUT2D eigenvalue weighted by molar-refractivity contribution is 7.89. The molecule has 3 aromatic carbocycles. The molecule has 220 valence electrons. The number of fused-ring (bicyclic) bond motifs is 2. The van der Waals surface area contributed by atoms with Gasteiger partial charge in [-0.2, -0.15) is 22.0 Å². The van der Waals surface area contributed by atoms with Gasteiger partial charge in [-0.25, -0.2) is 23.4 Å². The molecule has 0 fully saturated rings. The topological polar surface area (TPSA) is 94.5 Å². The van der Waals surface area contributed by atoms with E-state index < -0.39 is 45.3 Å². The highest BCUT2D eigenvalue weighted by atomic mass is 32.2. The summed E-state index contributed by atoms with van der Waals surface area (Å²) in [5.41, 5.74) is 3.43. The van der Waals surface area contributed by atoms with Crippen molar-refractivity contribution in [2.45, 2.75) is 31.7 Å². The van der Waals surface area contributed by atoms with Gasteiger partial charge in [0.2, 0.25) is 15.9 Å². The van der Waals surface area contributed by atoms with Gasteiger partial charge in [0.25, 0.3) is 0 Å². The molecule has 5 aromatic rings. The predicted molar refractivity (Wildman–Crippen MR) is 146 cm³/mol. The number of thiazole rings is 1. The number of ether oxygens (including phenoxy) is 2. The zero-order valence-electron chi connectivity index (χ0n) is 21.9. The van der Waals surface area contributed by atoms with Crippen LogP contribution >= 0.6 is 11.3 Å². The van der Waals surface area contributed by atoms with Crippen molar-refractivity contribution in [2.24, 2.45) is 0 Å². The van der Waals surface area contributed by atoms with Gasteiger partial charge in [-0.1, -0.05) is 18.2 Å². The van der Waals surface area contributed by atoms with Crippen LogP contribution in [0.1, 0.15) is 11.1 Å². The number of sulfonamides is 1. The first-order valence-electron chi connectivity index (χ1n) is 12.2. The Morgan fingerprint density at radius 1 is 1.00 bits per heavy atom. The van der Waals surface area contributed by atoms with Crippen LogP contribution in [0.5, 0.6) is 11.6 Å². The second-order valence-electron chi connectivity index (χ2n) is 9.08. The molecule has 0 atom stereocenters. The normalized spacial score (nSPS) is 12.5. The Bertz CT molecular complexity index is 1870. The molecule has 0 bridgehead atoms. The summed E-state index contributed by atoms with van der Waals surface area (Å²) in [6, 6.07) is 13.1. The van der Waals surface area contributed by atoms with E-state index in [1.54, 1.807) is 32.0 Å². The van der Waals surface area contributed by atoms with Crippen molar-refractivity contribution < 1.29 is 39.8 Å². The summed E-state index contributed by atoms with van der Waals surface area (Å²) < 4.78 is 102. The van der Waals surface area contributed by atoms with Gasteiger partial charge in [-0.15, -0.1) is 15.6 Å². The lowest BCUT2D eigenvalue weighted by molar-refractivity contribution is -0.211. The Morgan fingerprint density at radius 2 is 1.74 bits per heavy atom. The highest BCUT2D eigenvalue weighted by Crippen LogP contribution is 2.37. The average Bonchev–Trinajstić information content (AvgIpc) is 3.34. The third-order valence-electron chi connectivity index (χ3n) is 6.05. The van der Waals surface area contributed by atoms with Crippen LogP contribution in [0, 0.1) is 13.8 Å². The van der Waals surface area contributed by atoms with Gasteiger partial charge in [-0.3, -0.25) is 0 Å². The van der Waals surface area contributed by atoms with Crippen LogP contribution in [0.15, 0.2) is 65.7 Å². The fraction of sp³-hybridized carbons (Fsp3) is 0.222. The first kappa shape index (κ1) is 29.5. The molecular formula is C27H21F5N4O4S2. The predicted octanol–water partition coefficient (Wildman–Crippen LogP) is 6.71. The number of aromatic nitrogens is 3. The molecule has 8 nitrogen and oxygen atoms in total. The largest absolute Gasteiger partial charge is 0.492 e. The van der Waals surface area contributed by atoms with Gasteiger partial charge in [-0.05, 0) is 61.4 Å². The molecular weight excluding hydrogens is 603 g/mol. The number of aryl methyl sites for hydroxylation is 2. The fourth-order valence-corrected chi connectivity index (χ4v) is 6.70. The van der Waals surface area contributed by atoms with E-state index in [0.29, 0.717) is 37.4 Å². The SMILES string of the molecule is Cc1cc(-c2nc3c(C)cc(OCCN(C(F)(F)F)S(=O)(=O)c4ccccc4)cc3s2)c2ncc(OC(F)F)nc2c1. The van der Waals surface area contributed by atoms with E-state index in [0.717, 1.165) is 23.9 Å². The molecule has 0 aliphatic carbocycles. The van der Waals surface area contributed by atoms with Crippen molar-refractivity contribution in [3.8, 4) is 22.2 Å². The van der Waals surface area contributed by atoms with Gasteiger partial charge >= 0.3 is 12.9 Å². The minimum absolute atomic E-state index is 0.233. The number of benzene rings is 3. The third kappa shape index (κ3) is 6.12. The summed E-state index contributed by atoms with van der Waals surface area (Å²) in [6.07, 6.45) is -4.06. The quantitative estimate of drug-likeness (QED) is 0.133. The van der Waals surface area contributed by atoms with E-state index in [9.17, 15) is 30.4 Å². The van der Waals surface area contributed by atoms with Gasteiger partial charge in [0, 0.05) is 5.56 Å². The smallest absolute Gasteiger partial charge is 0.473 e. The van der Waals surface area contributed by atoms with Crippen molar-refractivity contribution in [2.75, 3.05) is 13.2 Å². The first-order valence-corrected chi connectivity index (χ1v) is 14.5. The van der Waals surface area contributed by atoms with Crippen molar-refractivity contribution in [3.05, 3.63) is 71.9 Å². The molecule has 15 heteroatoms. The molecule has 0 unspecified atom stereocenters. The summed E-state index contributed by atoms with van der Waals surface area (Å²) in [6.45, 7) is -1.02. The van der Waals surface area contributed by atoms with Crippen LogP contribution in [0.25, 0.3) is 31.8 Å². The van der Waals surface area contributed by atoms with E-state index in [4.69, 9.17) is 9.72 Å². The average molecular weight is 625 g/mol. The summed E-state index contributed by atoms with van der Waals surface area (Å²) in [5.74, 6) is -0.0891. The van der Waals surface area contributed by atoms with E-state index >= 15 is 0 Å². The van der Waals surface area contributed by atoms with Gasteiger partial charge < -0.3 is 9.47 Å². The van der Waals surface area contributed by atoms with Crippen LogP contribution in [0.2, 0.25) is 0 Å². The zero-order chi connectivity index (χ0) is 30.2. The molecule has 42 heavy (non-hydrogen) atoms. The number of rotatable bonds is 9. The van der Waals surface area contributed by atoms with Crippen molar-refractivity contribution in [3.63, 3.8) is 0 Å². The highest BCUT2D eigenvalue weighted by Gasteiger charge is 2.46. The number of alkyl halides is 5. The summed E-state index contributed by atoms with van der Waals surface area (Å²) in [4.78, 5) is 12.6. The molecule has 0 aliphatic heterocycles. The van der Waals surface area contributed by atoms with Crippen molar-refractivity contribution >= 4 is 42.6 Å². The molecule has 5 rings (SSSR count). The zero-order valence-corrected chi connectivity index (χ0v) is 23.5. The van der Waals surface area contributed by atoms with Crippen molar-refractivity contribution in [1.82, 2.24) is 19.3 Å². The molecule has 0 aliphatic rings. The Labute approximate surface area is 240 Å². The minimum Gasteiger partial charge on any atom is -0.492 e. The Balaban J connectivity index is 1.41.